The molecule has 0 aliphatic rings. The predicted octanol–water partition coefficient (Wildman–Crippen LogP) is 3.74. The number of hydrogen-bond donors (Lipinski definition) is 2. The number of nitrogens with one attached hydrogen (secondary N) is 2. The van der Waals surface area contributed by atoms with Crippen LogP contribution in [-0.2, 0) is 11.3 Å². The molecule has 0 saturated carbocycles. The van der Waals surface area contributed by atoms with Gasteiger partial charge in [0.1, 0.15) is 11.9 Å². The van der Waals surface area contributed by atoms with Crippen molar-refractivity contribution in [2.24, 2.45) is 0 Å². The van der Waals surface area contributed by atoms with Crippen LogP contribution >= 0.6 is 35.0 Å². The molecule has 2 N–H and O–H groups in total. The molecule has 0 spiro atoms. The normalized spacial score (nSPS) is 11.9. The fraction of sp³-hybridized carbons (Fsp3) is 0.273. The zero-order valence-electron chi connectivity index (χ0n) is 17.5. The number of halogens is 2. The molecule has 1 unspecified atom stereocenters. The Hall–Kier alpha value is -2.55. The topological polar surface area (TPSA) is 95.2 Å². The fourth-order valence-corrected chi connectivity index (χ4v) is 4.15. The van der Waals surface area contributed by atoms with Gasteiger partial charge < -0.3 is 15.2 Å². The molecule has 3 aromatic rings. The SMILES string of the molecule is CSCCC(NC(=O)c1ccc(Cl)cc1Cl)C(=O)N(C)Cc1nc2ccccc2c(=O)[nH]1. The molecule has 0 radical (unpaired) electrons. The summed E-state index contributed by atoms with van der Waals surface area (Å²) in [5.74, 6) is 0.273. The molecule has 1 aromatic heterocycles. The lowest BCUT2D eigenvalue weighted by Gasteiger charge is -2.24. The quantitative estimate of drug-likeness (QED) is 0.499. The molecule has 168 valence electrons. The molecule has 0 aliphatic heterocycles. The number of carbonyl (C=O) groups is 2. The monoisotopic (exact) mass is 492 g/mol. The van der Waals surface area contributed by atoms with E-state index in [9.17, 15) is 14.4 Å². The average Bonchev–Trinajstić information content (AvgIpc) is 2.76. The molecule has 1 heterocycles. The minimum atomic E-state index is -0.765. The third kappa shape index (κ3) is 5.82. The Morgan fingerprint density at radius 3 is 2.69 bits per heavy atom. The number of H-pyrrole nitrogens is 1. The molecule has 7 nitrogen and oxygen atoms in total. The third-order valence-electron chi connectivity index (χ3n) is 4.81. The molecule has 1 atom stereocenters. The summed E-state index contributed by atoms with van der Waals surface area (Å²) in [5, 5.41) is 3.88. The maximum absolute atomic E-state index is 13.1. The van der Waals surface area contributed by atoms with Gasteiger partial charge in [0, 0.05) is 12.1 Å². The van der Waals surface area contributed by atoms with Crippen LogP contribution < -0.4 is 10.9 Å². The molecule has 3 rings (SSSR count). The molecule has 0 aliphatic carbocycles. The van der Waals surface area contributed by atoms with E-state index in [0.717, 1.165) is 0 Å². The molecule has 0 fully saturated rings. The van der Waals surface area contributed by atoms with Gasteiger partial charge in [0.15, 0.2) is 0 Å². The molecular weight excluding hydrogens is 471 g/mol. The van der Waals surface area contributed by atoms with Crippen LogP contribution in [-0.4, -0.2) is 51.8 Å². The molecular formula is C22H22Cl2N4O3S. The van der Waals surface area contributed by atoms with E-state index < -0.39 is 11.9 Å². The van der Waals surface area contributed by atoms with E-state index in [0.29, 0.717) is 33.9 Å². The van der Waals surface area contributed by atoms with Crippen LogP contribution in [0.2, 0.25) is 10.0 Å². The number of likely N-dealkylation sites (N-methyl/N-ethyl adjacent to an activating group) is 1. The van der Waals surface area contributed by atoms with E-state index in [-0.39, 0.29) is 28.6 Å². The van der Waals surface area contributed by atoms with Crippen LogP contribution in [0.4, 0.5) is 0 Å². The number of fused-ring (bicyclic) bond motifs is 1. The summed E-state index contributed by atoms with van der Waals surface area (Å²) in [6.45, 7) is 0.0895. The van der Waals surface area contributed by atoms with Crippen molar-refractivity contribution in [1.82, 2.24) is 20.2 Å². The predicted molar refractivity (Wildman–Crippen MR) is 130 cm³/mol. The van der Waals surface area contributed by atoms with Crippen LogP contribution in [0.3, 0.4) is 0 Å². The summed E-state index contributed by atoms with van der Waals surface area (Å²) in [6, 6.07) is 10.8. The van der Waals surface area contributed by atoms with Gasteiger partial charge in [0.25, 0.3) is 11.5 Å². The Morgan fingerprint density at radius 2 is 1.97 bits per heavy atom. The molecule has 0 saturated heterocycles. The molecule has 0 bridgehead atoms. The average molecular weight is 493 g/mol. The van der Waals surface area contributed by atoms with Crippen molar-refractivity contribution in [2.45, 2.75) is 19.0 Å². The highest BCUT2D eigenvalue weighted by molar-refractivity contribution is 7.98. The molecule has 2 aromatic carbocycles. The van der Waals surface area contributed by atoms with Crippen LogP contribution in [0.15, 0.2) is 47.3 Å². The first-order valence-electron chi connectivity index (χ1n) is 9.78. The first-order valence-corrected chi connectivity index (χ1v) is 11.9. The highest BCUT2D eigenvalue weighted by atomic mass is 35.5. The Morgan fingerprint density at radius 1 is 1.22 bits per heavy atom. The highest BCUT2D eigenvalue weighted by Crippen LogP contribution is 2.21. The van der Waals surface area contributed by atoms with Crippen molar-refractivity contribution in [2.75, 3.05) is 19.1 Å². The van der Waals surface area contributed by atoms with E-state index >= 15 is 0 Å². The van der Waals surface area contributed by atoms with Crippen LogP contribution in [0.25, 0.3) is 10.9 Å². The lowest BCUT2D eigenvalue weighted by molar-refractivity contribution is -0.132. The number of carbonyl (C=O) groups excluding carboxylic acids is 2. The summed E-state index contributed by atoms with van der Waals surface area (Å²) in [5.41, 5.74) is 0.522. The Bertz CT molecular complexity index is 1200. The second-order valence-electron chi connectivity index (χ2n) is 7.16. The number of aromatic amines is 1. The van der Waals surface area contributed by atoms with Gasteiger partial charge in [-0.1, -0.05) is 35.3 Å². The van der Waals surface area contributed by atoms with Gasteiger partial charge in [0.2, 0.25) is 5.91 Å². The summed E-state index contributed by atoms with van der Waals surface area (Å²) >= 11 is 13.6. The number of hydrogen-bond acceptors (Lipinski definition) is 5. The van der Waals surface area contributed by atoms with Crippen molar-refractivity contribution in [1.29, 1.82) is 0 Å². The highest BCUT2D eigenvalue weighted by Gasteiger charge is 2.25. The summed E-state index contributed by atoms with van der Waals surface area (Å²) in [7, 11) is 1.60. The van der Waals surface area contributed by atoms with E-state index in [1.165, 1.54) is 17.0 Å². The fourth-order valence-electron chi connectivity index (χ4n) is 3.18. The summed E-state index contributed by atoms with van der Waals surface area (Å²) in [4.78, 5) is 46.8. The standard InChI is InChI=1S/C22H22Cl2N4O3S/c1-28(12-19-25-17-6-4-3-5-15(17)21(30)27-19)22(31)18(9-10-32-2)26-20(29)14-8-7-13(23)11-16(14)24/h3-8,11,18H,9-10,12H2,1-2H3,(H,26,29)(H,25,27,30). The first-order chi connectivity index (χ1) is 15.3. The number of nitrogens with zero attached hydrogens (tertiary/aromatic N) is 2. The number of rotatable bonds is 8. The minimum absolute atomic E-state index is 0.0895. The van der Waals surface area contributed by atoms with Crippen molar-refractivity contribution in [3.63, 3.8) is 0 Å². The summed E-state index contributed by atoms with van der Waals surface area (Å²) in [6.07, 6.45) is 2.36. The van der Waals surface area contributed by atoms with Gasteiger partial charge in [-0.25, -0.2) is 4.98 Å². The molecule has 10 heteroatoms. The van der Waals surface area contributed by atoms with Gasteiger partial charge in [0.05, 0.1) is 28.0 Å². The summed E-state index contributed by atoms with van der Waals surface area (Å²) < 4.78 is 0. The Labute approximate surface area is 199 Å². The van der Waals surface area contributed by atoms with Crippen molar-refractivity contribution >= 4 is 57.7 Å². The molecule has 2 amide bonds. The largest absolute Gasteiger partial charge is 0.340 e. The van der Waals surface area contributed by atoms with Gasteiger partial charge in [-0.05, 0) is 48.8 Å². The zero-order valence-corrected chi connectivity index (χ0v) is 19.9. The number of benzene rings is 2. The second kappa shape index (κ2) is 10.8. The second-order valence-corrected chi connectivity index (χ2v) is 8.98. The van der Waals surface area contributed by atoms with Gasteiger partial charge in [-0.15, -0.1) is 0 Å². The molecule has 32 heavy (non-hydrogen) atoms. The number of thioether (sulfide) groups is 1. The first kappa shape index (κ1) is 24.1. The smallest absolute Gasteiger partial charge is 0.258 e. The third-order valence-corrected chi connectivity index (χ3v) is 6.01. The Kier molecular flexibility index (Phi) is 8.17. The lowest BCUT2D eigenvalue weighted by atomic mass is 10.1. The van der Waals surface area contributed by atoms with E-state index in [1.807, 2.05) is 6.26 Å². The lowest BCUT2D eigenvalue weighted by Crippen LogP contribution is -2.47. The van der Waals surface area contributed by atoms with Crippen LogP contribution in [0.5, 0.6) is 0 Å². The van der Waals surface area contributed by atoms with Crippen molar-refractivity contribution in [3.8, 4) is 0 Å². The minimum Gasteiger partial charge on any atom is -0.340 e. The number of amides is 2. The van der Waals surface area contributed by atoms with Crippen molar-refractivity contribution < 1.29 is 9.59 Å². The van der Waals surface area contributed by atoms with Gasteiger partial charge in [-0.2, -0.15) is 11.8 Å². The van der Waals surface area contributed by atoms with Crippen LogP contribution in [0, 0.1) is 0 Å². The van der Waals surface area contributed by atoms with E-state index in [2.05, 4.69) is 15.3 Å². The zero-order chi connectivity index (χ0) is 23.3. The van der Waals surface area contributed by atoms with Gasteiger partial charge >= 0.3 is 0 Å². The maximum Gasteiger partial charge on any atom is 0.258 e. The van der Waals surface area contributed by atoms with Gasteiger partial charge in [-0.3, -0.25) is 14.4 Å². The van der Waals surface area contributed by atoms with Crippen molar-refractivity contribution in [3.05, 3.63) is 74.3 Å². The number of aromatic nitrogens is 2. The Balaban J connectivity index is 1.77. The maximum atomic E-state index is 13.1. The van der Waals surface area contributed by atoms with Crippen LogP contribution in [0.1, 0.15) is 22.6 Å². The number of para-hydroxylation sites is 1. The van der Waals surface area contributed by atoms with E-state index in [4.69, 9.17) is 23.2 Å². The van der Waals surface area contributed by atoms with E-state index in [1.54, 1.807) is 49.1 Å².